The van der Waals surface area contributed by atoms with Crippen molar-refractivity contribution < 1.29 is 19.0 Å². The number of rotatable bonds is 3. The van der Waals surface area contributed by atoms with Crippen molar-refractivity contribution in [1.29, 1.82) is 0 Å². The van der Waals surface area contributed by atoms with Gasteiger partial charge in [-0.1, -0.05) is 0 Å². The fourth-order valence-corrected chi connectivity index (χ4v) is 1.66. The molecule has 1 heterocycles. The minimum Gasteiger partial charge on any atom is -0.496 e. The molecular weight excluding hydrogens is 232 g/mol. The second-order valence-electron chi connectivity index (χ2n) is 3.36. The molecule has 0 radical (unpaired) electrons. The van der Waals surface area contributed by atoms with Crippen LogP contribution in [0.5, 0.6) is 17.2 Å². The van der Waals surface area contributed by atoms with Crippen LogP contribution in [0.4, 0.5) is 0 Å². The molecule has 16 heavy (non-hydrogen) atoms. The van der Waals surface area contributed by atoms with E-state index < -0.39 is 0 Å². The number of halogens is 1. The van der Waals surface area contributed by atoms with E-state index >= 15 is 0 Å². The van der Waals surface area contributed by atoms with Gasteiger partial charge in [-0.15, -0.1) is 11.6 Å². The van der Waals surface area contributed by atoms with Gasteiger partial charge in [-0.25, -0.2) is 0 Å². The lowest BCUT2D eigenvalue weighted by Gasteiger charge is -2.25. The molecule has 1 atom stereocenters. The second kappa shape index (κ2) is 4.61. The van der Waals surface area contributed by atoms with Gasteiger partial charge in [0.05, 0.1) is 18.6 Å². The Labute approximate surface area is 98.1 Å². The third-order valence-electron chi connectivity index (χ3n) is 2.31. The van der Waals surface area contributed by atoms with Crippen molar-refractivity contribution in [1.82, 2.24) is 0 Å². The lowest BCUT2D eigenvalue weighted by Crippen LogP contribution is -2.30. The van der Waals surface area contributed by atoms with Crippen molar-refractivity contribution in [3.8, 4) is 17.2 Å². The van der Waals surface area contributed by atoms with Crippen molar-refractivity contribution in [2.24, 2.45) is 0 Å². The van der Waals surface area contributed by atoms with E-state index in [2.05, 4.69) is 0 Å². The number of hydrogen-bond donors (Lipinski definition) is 0. The van der Waals surface area contributed by atoms with E-state index in [0.29, 0.717) is 41.6 Å². The van der Waals surface area contributed by atoms with Crippen LogP contribution < -0.4 is 14.2 Å². The normalized spacial score (nSPS) is 18.0. The van der Waals surface area contributed by atoms with Gasteiger partial charge in [0.15, 0.2) is 17.8 Å². The zero-order valence-electron chi connectivity index (χ0n) is 8.73. The zero-order valence-corrected chi connectivity index (χ0v) is 9.49. The molecule has 0 fully saturated rings. The lowest BCUT2D eigenvalue weighted by molar-refractivity contribution is 0.104. The van der Waals surface area contributed by atoms with E-state index in [1.807, 2.05) is 0 Å². The maximum atomic E-state index is 10.8. The molecule has 0 aliphatic carbocycles. The van der Waals surface area contributed by atoms with Crippen LogP contribution in [-0.4, -0.2) is 32.0 Å². The standard InChI is InChI=1S/C11H11ClO4/c1-14-9-3-10-11(2-7(9)5-13)16-8(4-12)6-15-10/h2-3,5,8H,4,6H2,1H3/t8-/m0/s1. The lowest BCUT2D eigenvalue weighted by atomic mass is 10.2. The highest BCUT2D eigenvalue weighted by Gasteiger charge is 2.22. The molecule has 1 aromatic rings. The van der Waals surface area contributed by atoms with Gasteiger partial charge in [0.25, 0.3) is 0 Å². The average molecular weight is 243 g/mol. The summed E-state index contributed by atoms with van der Waals surface area (Å²) in [5.74, 6) is 1.92. The van der Waals surface area contributed by atoms with Crippen molar-refractivity contribution in [3.05, 3.63) is 17.7 Å². The molecule has 0 N–H and O–H groups in total. The van der Waals surface area contributed by atoms with E-state index in [9.17, 15) is 4.79 Å². The Balaban J connectivity index is 2.38. The Bertz CT molecular complexity index is 405. The Morgan fingerprint density at radius 3 is 3.00 bits per heavy atom. The number of benzene rings is 1. The second-order valence-corrected chi connectivity index (χ2v) is 3.67. The number of carbonyl (C=O) groups excluding carboxylic acids is 1. The first kappa shape index (κ1) is 11.1. The van der Waals surface area contributed by atoms with Crippen molar-refractivity contribution >= 4 is 17.9 Å². The molecule has 0 amide bonds. The highest BCUT2D eigenvalue weighted by atomic mass is 35.5. The maximum Gasteiger partial charge on any atom is 0.165 e. The van der Waals surface area contributed by atoms with Crippen LogP contribution in [0.3, 0.4) is 0 Å². The number of fused-ring (bicyclic) bond motifs is 1. The minimum absolute atomic E-state index is 0.179. The van der Waals surface area contributed by atoms with Crippen molar-refractivity contribution in [2.45, 2.75) is 6.10 Å². The molecule has 2 rings (SSSR count). The molecule has 5 heteroatoms. The molecule has 0 saturated heterocycles. The highest BCUT2D eigenvalue weighted by molar-refractivity contribution is 6.18. The molecule has 0 aromatic heterocycles. The third kappa shape index (κ3) is 1.93. The van der Waals surface area contributed by atoms with Gasteiger partial charge in [-0.05, 0) is 6.07 Å². The minimum atomic E-state index is -0.179. The van der Waals surface area contributed by atoms with Crippen LogP contribution in [-0.2, 0) is 0 Å². The number of alkyl halides is 1. The summed E-state index contributed by atoms with van der Waals surface area (Å²) in [5, 5.41) is 0. The van der Waals surface area contributed by atoms with E-state index in [1.54, 1.807) is 12.1 Å². The number of hydrogen-bond acceptors (Lipinski definition) is 4. The summed E-state index contributed by atoms with van der Waals surface area (Å²) < 4.78 is 16.1. The van der Waals surface area contributed by atoms with Gasteiger partial charge in [0.2, 0.25) is 0 Å². The largest absolute Gasteiger partial charge is 0.496 e. The Morgan fingerprint density at radius 2 is 2.38 bits per heavy atom. The predicted octanol–water partition coefficient (Wildman–Crippen LogP) is 1.89. The molecular formula is C11H11ClO4. The molecule has 0 bridgehead atoms. The van der Waals surface area contributed by atoms with Gasteiger partial charge in [-0.3, -0.25) is 4.79 Å². The van der Waals surface area contributed by atoms with E-state index in [1.165, 1.54) is 7.11 Å². The Morgan fingerprint density at radius 1 is 1.56 bits per heavy atom. The van der Waals surface area contributed by atoms with Crippen molar-refractivity contribution in [2.75, 3.05) is 19.6 Å². The van der Waals surface area contributed by atoms with E-state index in [4.69, 9.17) is 25.8 Å². The van der Waals surface area contributed by atoms with Gasteiger partial charge in [0.1, 0.15) is 18.5 Å². The molecule has 0 spiro atoms. The van der Waals surface area contributed by atoms with Crippen LogP contribution in [0, 0.1) is 0 Å². The quantitative estimate of drug-likeness (QED) is 0.600. The number of methoxy groups -OCH3 is 1. The highest BCUT2D eigenvalue weighted by Crippen LogP contribution is 2.37. The Kier molecular flexibility index (Phi) is 3.19. The molecule has 0 saturated carbocycles. The average Bonchev–Trinajstić information content (AvgIpc) is 2.36. The number of ether oxygens (including phenoxy) is 3. The van der Waals surface area contributed by atoms with Crippen LogP contribution in [0.1, 0.15) is 10.4 Å². The van der Waals surface area contributed by atoms with E-state index in [0.717, 1.165) is 0 Å². The summed E-state index contributed by atoms with van der Waals surface area (Å²) in [4.78, 5) is 10.8. The molecule has 1 aliphatic rings. The summed E-state index contributed by atoms with van der Waals surface area (Å²) in [6.45, 7) is 0.403. The van der Waals surface area contributed by atoms with Gasteiger partial charge in [-0.2, -0.15) is 0 Å². The fourth-order valence-electron chi connectivity index (χ4n) is 1.50. The molecule has 1 aliphatic heterocycles. The summed E-state index contributed by atoms with van der Waals surface area (Å²) in [6, 6.07) is 3.24. The van der Waals surface area contributed by atoms with E-state index in [-0.39, 0.29) is 6.10 Å². The molecule has 86 valence electrons. The summed E-state index contributed by atoms with van der Waals surface area (Å²) in [5.41, 5.74) is 0.431. The smallest absolute Gasteiger partial charge is 0.165 e. The summed E-state index contributed by atoms with van der Waals surface area (Å²) >= 11 is 5.68. The number of aldehydes is 1. The summed E-state index contributed by atoms with van der Waals surface area (Å²) in [7, 11) is 1.50. The van der Waals surface area contributed by atoms with Gasteiger partial charge < -0.3 is 14.2 Å². The first-order valence-corrected chi connectivity index (χ1v) is 5.34. The fraction of sp³-hybridized carbons (Fsp3) is 0.364. The molecule has 1 aromatic carbocycles. The summed E-state index contributed by atoms with van der Waals surface area (Å²) in [6.07, 6.45) is 0.536. The van der Waals surface area contributed by atoms with Gasteiger partial charge in [0, 0.05) is 6.07 Å². The Hall–Kier alpha value is -1.42. The monoisotopic (exact) mass is 242 g/mol. The number of carbonyl (C=O) groups is 1. The zero-order chi connectivity index (χ0) is 11.5. The predicted molar refractivity (Wildman–Crippen MR) is 59.0 cm³/mol. The first-order chi connectivity index (χ1) is 7.78. The molecule has 4 nitrogen and oxygen atoms in total. The molecule has 0 unspecified atom stereocenters. The SMILES string of the molecule is COc1cc2c(cc1C=O)O[C@@H](CCl)CO2. The van der Waals surface area contributed by atoms with Crippen LogP contribution >= 0.6 is 11.6 Å². The van der Waals surface area contributed by atoms with Crippen LogP contribution in [0.25, 0.3) is 0 Å². The van der Waals surface area contributed by atoms with Crippen LogP contribution in [0.2, 0.25) is 0 Å². The first-order valence-electron chi connectivity index (χ1n) is 4.81. The van der Waals surface area contributed by atoms with Crippen LogP contribution in [0.15, 0.2) is 12.1 Å². The van der Waals surface area contributed by atoms with Gasteiger partial charge >= 0.3 is 0 Å². The van der Waals surface area contributed by atoms with Crippen molar-refractivity contribution in [3.63, 3.8) is 0 Å². The topological polar surface area (TPSA) is 44.8 Å². The third-order valence-corrected chi connectivity index (χ3v) is 2.66. The maximum absolute atomic E-state index is 10.8.